The molecular weight excluding hydrogens is 262 g/mol. The summed E-state index contributed by atoms with van der Waals surface area (Å²) in [4.78, 5) is 19.9. The minimum Gasteiger partial charge on any atom is -0.366 e. The van der Waals surface area contributed by atoms with Crippen molar-refractivity contribution in [1.82, 2.24) is 9.97 Å². The molecule has 4 heteroatoms. The number of amides is 1. The van der Waals surface area contributed by atoms with Gasteiger partial charge in [-0.3, -0.25) is 14.8 Å². The highest BCUT2D eigenvalue weighted by Gasteiger charge is 2.05. The maximum absolute atomic E-state index is 11.2. The molecule has 4 nitrogen and oxygen atoms in total. The molecule has 3 rings (SSSR count). The van der Waals surface area contributed by atoms with Crippen LogP contribution in [-0.2, 0) is 6.42 Å². The van der Waals surface area contributed by atoms with Gasteiger partial charge in [0.1, 0.15) is 0 Å². The number of hydrogen-bond acceptors (Lipinski definition) is 3. The van der Waals surface area contributed by atoms with Gasteiger partial charge in [-0.1, -0.05) is 11.6 Å². The highest BCUT2D eigenvalue weighted by Crippen LogP contribution is 2.17. The van der Waals surface area contributed by atoms with Crippen molar-refractivity contribution in [2.75, 3.05) is 0 Å². The van der Waals surface area contributed by atoms with Crippen LogP contribution in [0.15, 0.2) is 48.8 Å². The third kappa shape index (κ3) is 2.89. The molecule has 0 saturated carbocycles. The molecule has 0 fully saturated rings. The van der Waals surface area contributed by atoms with Crippen molar-refractivity contribution in [3.63, 3.8) is 0 Å². The SMILES string of the molecule is Cc1ccc2ncc(Cc3cc(C(N)=O)ccn3)cc2c1. The zero-order valence-corrected chi connectivity index (χ0v) is 11.7. The lowest BCUT2D eigenvalue weighted by Gasteiger charge is -2.05. The van der Waals surface area contributed by atoms with E-state index in [0.29, 0.717) is 12.0 Å². The molecule has 2 heterocycles. The molecule has 21 heavy (non-hydrogen) atoms. The second-order valence-electron chi connectivity index (χ2n) is 5.12. The van der Waals surface area contributed by atoms with Gasteiger partial charge in [0.05, 0.1) is 5.52 Å². The van der Waals surface area contributed by atoms with Crippen molar-refractivity contribution in [3.8, 4) is 0 Å². The van der Waals surface area contributed by atoms with Crippen molar-refractivity contribution in [2.24, 2.45) is 5.73 Å². The summed E-state index contributed by atoms with van der Waals surface area (Å²) >= 11 is 0. The van der Waals surface area contributed by atoms with E-state index in [4.69, 9.17) is 5.73 Å². The maximum Gasteiger partial charge on any atom is 0.248 e. The Bertz CT molecular complexity index is 827. The summed E-state index contributed by atoms with van der Waals surface area (Å²) in [6.07, 6.45) is 4.07. The molecule has 104 valence electrons. The average molecular weight is 277 g/mol. The monoisotopic (exact) mass is 277 g/mol. The summed E-state index contributed by atoms with van der Waals surface area (Å²) in [7, 11) is 0. The van der Waals surface area contributed by atoms with E-state index in [-0.39, 0.29) is 0 Å². The fraction of sp³-hybridized carbons (Fsp3) is 0.118. The summed E-state index contributed by atoms with van der Waals surface area (Å²) < 4.78 is 0. The van der Waals surface area contributed by atoms with Crippen LogP contribution in [0.2, 0.25) is 0 Å². The van der Waals surface area contributed by atoms with E-state index in [1.54, 1.807) is 18.3 Å². The number of pyridine rings is 2. The highest BCUT2D eigenvalue weighted by atomic mass is 16.1. The van der Waals surface area contributed by atoms with Crippen molar-refractivity contribution < 1.29 is 4.79 Å². The van der Waals surface area contributed by atoms with Gasteiger partial charge in [0.25, 0.3) is 0 Å². The van der Waals surface area contributed by atoms with E-state index in [0.717, 1.165) is 22.2 Å². The fourth-order valence-corrected chi connectivity index (χ4v) is 2.33. The van der Waals surface area contributed by atoms with Crippen LogP contribution in [0.3, 0.4) is 0 Å². The fourth-order valence-electron chi connectivity index (χ4n) is 2.33. The smallest absolute Gasteiger partial charge is 0.248 e. The molecule has 0 radical (unpaired) electrons. The molecule has 2 N–H and O–H groups in total. The Balaban J connectivity index is 1.94. The van der Waals surface area contributed by atoms with Gasteiger partial charge >= 0.3 is 0 Å². The Morgan fingerprint density at radius 2 is 2.00 bits per heavy atom. The lowest BCUT2D eigenvalue weighted by atomic mass is 10.1. The molecule has 0 spiro atoms. The van der Waals surface area contributed by atoms with Crippen LogP contribution in [0.4, 0.5) is 0 Å². The van der Waals surface area contributed by atoms with Gasteiger partial charge in [-0.25, -0.2) is 0 Å². The number of benzene rings is 1. The number of nitrogens with two attached hydrogens (primary N) is 1. The number of fused-ring (bicyclic) bond motifs is 1. The third-order valence-corrected chi connectivity index (χ3v) is 3.38. The quantitative estimate of drug-likeness (QED) is 0.800. The van der Waals surface area contributed by atoms with Gasteiger partial charge in [0.2, 0.25) is 5.91 Å². The molecule has 1 aromatic carbocycles. The third-order valence-electron chi connectivity index (χ3n) is 3.38. The molecule has 0 aliphatic heterocycles. The lowest BCUT2D eigenvalue weighted by molar-refractivity contribution is 0.1000. The number of aryl methyl sites for hydroxylation is 1. The molecule has 0 saturated heterocycles. The topological polar surface area (TPSA) is 68.9 Å². The summed E-state index contributed by atoms with van der Waals surface area (Å²) in [5, 5.41) is 1.11. The standard InChI is InChI=1S/C17H15N3O/c1-11-2-3-16-14(6-11)7-12(10-20-16)8-15-9-13(17(18)21)4-5-19-15/h2-7,9-10H,8H2,1H3,(H2,18,21). The van der Waals surface area contributed by atoms with Gasteiger partial charge in [0.15, 0.2) is 0 Å². The first-order chi connectivity index (χ1) is 10.1. The van der Waals surface area contributed by atoms with E-state index in [1.165, 1.54) is 5.56 Å². The van der Waals surface area contributed by atoms with E-state index in [1.807, 2.05) is 18.3 Å². The van der Waals surface area contributed by atoms with Crippen LogP contribution in [0.5, 0.6) is 0 Å². The van der Waals surface area contributed by atoms with E-state index >= 15 is 0 Å². The first-order valence-electron chi connectivity index (χ1n) is 6.72. The predicted octanol–water partition coefficient (Wildman–Crippen LogP) is 2.63. The van der Waals surface area contributed by atoms with Crippen LogP contribution in [0.25, 0.3) is 10.9 Å². The number of aromatic nitrogens is 2. The van der Waals surface area contributed by atoms with Crippen LogP contribution in [-0.4, -0.2) is 15.9 Å². The van der Waals surface area contributed by atoms with Crippen LogP contribution in [0, 0.1) is 6.92 Å². The number of carbonyl (C=O) groups excluding carboxylic acids is 1. The predicted molar refractivity (Wildman–Crippen MR) is 82.0 cm³/mol. The van der Waals surface area contributed by atoms with Crippen molar-refractivity contribution in [2.45, 2.75) is 13.3 Å². The van der Waals surface area contributed by atoms with E-state index in [9.17, 15) is 4.79 Å². The highest BCUT2D eigenvalue weighted by molar-refractivity contribution is 5.92. The molecular formula is C17H15N3O. The van der Waals surface area contributed by atoms with Gasteiger partial charge < -0.3 is 5.73 Å². The van der Waals surface area contributed by atoms with Crippen LogP contribution >= 0.6 is 0 Å². The molecule has 1 amide bonds. The second-order valence-corrected chi connectivity index (χ2v) is 5.12. The first-order valence-corrected chi connectivity index (χ1v) is 6.72. The minimum absolute atomic E-state index is 0.439. The molecule has 0 aliphatic rings. The molecule has 0 atom stereocenters. The summed E-state index contributed by atoms with van der Waals surface area (Å²) in [6.45, 7) is 2.06. The average Bonchev–Trinajstić information content (AvgIpc) is 2.47. The summed E-state index contributed by atoms with van der Waals surface area (Å²) in [6, 6.07) is 11.6. The minimum atomic E-state index is -0.439. The Morgan fingerprint density at radius 1 is 1.14 bits per heavy atom. The Hall–Kier alpha value is -2.75. The van der Waals surface area contributed by atoms with Crippen LogP contribution < -0.4 is 5.73 Å². The number of primary amides is 1. The molecule has 0 aliphatic carbocycles. The number of hydrogen-bond donors (Lipinski definition) is 1. The van der Waals surface area contributed by atoms with Crippen molar-refractivity contribution >= 4 is 16.8 Å². The van der Waals surface area contributed by atoms with Crippen LogP contribution in [0.1, 0.15) is 27.2 Å². The Kier molecular flexibility index (Phi) is 3.36. The zero-order valence-electron chi connectivity index (χ0n) is 11.7. The van der Waals surface area contributed by atoms with Crippen molar-refractivity contribution in [1.29, 1.82) is 0 Å². The second kappa shape index (κ2) is 5.32. The lowest BCUT2D eigenvalue weighted by Crippen LogP contribution is -2.11. The van der Waals surface area contributed by atoms with Gasteiger partial charge in [-0.15, -0.1) is 0 Å². The van der Waals surface area contributed by atoms with Gasteiger partial charge in [0, 0.05) is 35.5 Å². The molecule has 2 aromatic heterocycles. The number of rotatable bonds is 3. The number of carbonyl (C=O) groups is 1. The van der Waals surface area contributed by atoms with Crippen molar-refractivity contribution in [3.05, 3.63) is 71.2 Å². The normalized spacial score (nSPS) is 10.7. The van der Waals surface area contributed by atoms with Gasteiger partial charge in [-0.05, 0) is 42.8 Å². The molecule has 0 bridgehead atoms. The van der Waals surface area contributed by atoms with E-state index < -0.39 is 5.91 Å². The first kappa shape index (κ1) is 13.2. The largest absolute Gasteiger partial charge is 0.366 e. The molecule has 0 unspecified atom stereocenters. The number of nitrogens with zero attached hydrogens (tertiary/aromatic N) is 2. The summed E-state index contributed by atoms with van der Waals surface area (Å²) in [5.74, 6) is -0.439. The Labute approximate surface area is 122 Å². The van der Waals surface area contributed by atoms with Gasteiger partial charge in [-0.2, -0.15) is 0 Å². The zero-order chi connectivity index (χ0) is 14.8. The molecule has 3 aromatic rings. The summed E-state index contributed by atoms with van der Waals surface area (Å²) in [5.41, 5.74) is 9.81. The van der Waals surface area contributed by atoms with E-state index in [2.05, 4.69) is 29.0 Å². The maximum atomic E-state index is 11.2. The Morgan fingerprint density at radius 3 is 2.81 bits per heavy atom.